The topological polar surface area (TPSA) is 15.3 Å². The normalized spacial score (nSPS) is 27.5. The molecule has 0 aromatic carbocycles. The van der Waals surface area contributed by atoms with Crippen molar-refractivity contribution in [2.24, 2.45) is 5.92 Å². The van der Waals surface area contributed by atoms with Crippen LogP contribution in [0.4, 0.5) is 0 Å². The quantitative estimate of drug-likeness (QED) is 0.747. The average molecular weight is 270 g/mol. The highest BCUT2D eigenvalue weighted by molar-refractivity contribution is 7.98. The molecule has 0 aromatic rings. The highest BCUT2D eigenvalue weighted by Gasteiger charge is 2.27. The van der Waals surface area contributed by atoms with Crippen molar-refractivity contribution >= 4 is 11.8 Å². The van der Waals surface area contributed by atoms with E-state index in [1.807, 2.05) is 11.8 Å². The van der Waals surface area contributed by atoms with E-state index in [0.29, 0.717) is 0 Å². The van der Waals surface area contributed by atoms with Crippen LogP contribution in [0.3, 0.4) is 0 Å². The van der Waals surface area contributed by atoms with Gasteiger partial charge in [-0.3, -0.25) is 0 Å². The molecule has 1 unspecified atom stereocenters. The van der Waals surface area contributed by atoms with E-state index in [1.54, 1.807) is 0 Å². The van der Waals surface area contributed by atoms with Crippen molar-refractivity contribution in [3.05, 3.63) is 0 Å². The molecule has 106 valence electrons. The number of piperazine rings is 1. The standard InChI is InChI=1S/C15H30N2S/c1-18-12-6-5-10-17-11-9-16-15(13-17)14-7-3-2-4-8-14/h14-16H,2-13H2,1H3. The van der Waals surface area contributed by atoms with Crippen LogP contribution in [0.2, 0.25) is 0 Å². The maximum Gasteiger partial charge on any atom is 0.0223 e. The minimum absolute atomic E-state index is 0.791. The van der Waals surface area contributed by atoms with Gasteiger partial charge in [0, 0.05) is 25.7 Å². The van der Waals surface area contributed by atoms with E-state index >= 15 is 0 Å². The third-order valence-electron chi connectivity index (χ3n) is 4.58. The van der Waals surface area contributed by atoms with Gasteiger partial charge < -0.3 is 10.2 Å². The van der Waals surface area contributed by atoms with Gasteiger partial charge in [0.2, 0.25) is 0 Å². The summed E-state index contributed by atoms with van der Waals surface area (Å²) in [6, 6.07) is 0.791. The monoisotopic (exact) mass is 270 g/mol. The van der Waals surface area contributed by atoms with Gasteiger partial charge in [-0.15, -0.1) is 0 Å². The third kappa shape index (κ3) is 4.75. The summed E-state index contributed by atoms with van der Waals surface area (Å²) in [6.07, 6.45) is 12.3. The molecule has 2 rings (SSSR count). The molecule has 1 atom stereocenters. The number of nitrogens with zero attached hydrogens (tertiary/aromatic N) is 1. The zero-order chi connectivity index (χ0) is 12.6. The summed E-state index contributed by atoms with van der Waals surface area (Å²) in [4.78, 5) is 2.70. The van der Waals surface area contributed by atoms with Gasteiger partial charge in [0.1, 0.15) is 0 Å². The first-order valence-electron chi connectivity index (χ1n) is 7.85. The summed E-state index contributed by atoms with van der Waals surface area (Å²) in [5.74, 6) is 2.30. The Kier molecular flexibility index (Phi) is 6.88. The lowest BCUT2D eigenvalue weighted by Crippen LogP contribution is -2.54. The highest BCUT2D eigenvalue weighted by atomic mass is 32.2. The van der Waals surface area contributed by atoms with Crippen LogP contribution < -0.4 is 5.32 Å². The van der Waals surface area contributed by atoms with Crippen LogP contribution in [0.1, 0.15) is 44.9 Å². The number of unbranched alkanes of at least 4 members (excludes halogenated alkanes) is 1. The van der Waals surface area contributed by atoms with Gasteiger partial charge in [-0.1, -0.05) is 19.3 Å². The Bertz CT molecular complexity index is 217. The smallest absolute Gasteiger partial charge is 0.0223 e. The number of thioether (sulfide) groups is 1. The molecule has 1 saturated heterocycles. The average Bonchev–Trinajstić information content (AvgIpc) is 2.45. The largest absolute Gasteiger partial charge is 0.311 e. The van der Waals surface area contributed by atoms with Crippen molar-refractivity contribution in [3.63, 3.8) is 0 Å². The second-order valence-electron chi connectivity index (χ2n) is 5.96. The zero-order valence-electron chi connectivity index (χ0n) is 12.0. The molecule has 1 saturated carbocycles. The van der Waals surface area contributed by atoms with Gasteiger partial charge >= 0.3 is 0 Å². The van der Waals surface area contributed by atoms with Gasteiger partial charge in [0.25, 0.3) is 0 Å². The van der Waals surface area contributed by atoms with Crippen molar-refractivity contribution in [2.75, 3.05) is 38.2 Å². The lowest BCUT2D eigenvalue weighted by molar-refractivity contribution is 0.145. The molecule has 1 heterocycles. The molecule has 1 aliphatic heterocycles. The predicted octanol–water partition coefficient (Wildman–Crippen LogP) is 2.98. The summed E-state index contributed by atoms with van der Waals surface area (Å²) < 4.78 is 0. The van der Waals surface area contributed by atoms with Gasteiger partial charge in [0.05, 0.1) is 0 Å². The fraction of sp³-hybridized carbons (Fsp3) is 1.00. The maximum atomic E-state index is 3.77. The van der Waals surface area contributed by atoms with E-state index in [1.165, 1.54) is 76.9 Å². The first kappa shape index (κ1) is 14.7. The van der Waals surface area contributed by atoms with E-state index in [2.05, 4.69) is 16.5 Å². The lowest BCUT2D eigenvalue weighted by atomic mass is 9.83. The minimum atomic E-state index is 0.791. The van der Waals surface area contributed by atoms with Crippen LogP contribution in [0.15, 0.2) is 0 Å². The van der Waals surface area contributed by atoms with Crippen LogP contribution in [0, 0.1) is 5.92 Å². The summed E-state index contributed by atoms with van der Waals surface area (Å²) >= 11 is 1.98. The zero-order valence-corrected chi connectivity index (χ0v) is 12.8. The van der Waals surface area contributed by atoms with E-state index in [9.17, 15) is 0 Å². The van der Waals surface area contributed by atoms with Gasteiger partial charge in [-0.25, -0.2) is 0 Å². The van der Waals surface area contributed by atoms with Crippen LogP contribution >= 0.6 is 11.8 Å². The van der Waals surface area contributed by atoms with E-state index in [0.717, 1.165) is 12.0 Å². The fourth-order valence-corrected chi connectivity index (χ4v) is 3.97. The van der Waals surface area contributed by atoms with Crippen molar-refractivity contribution in [1.29, 1.82) is 0 Å². The fourth-order valence-electron chi connectivity index (χ4n) is 3.48. The Morgan fingerprint density at radius 3 is 2.78 bits per heavy atom. The number of hydrogen-bond acceptors (Lipinski definition) is 3. The molecule has 2 aliphatic rings. The molecule has 0 aromatic heterocycles. The number of nitrogens with one attached hydrogen (secondary N) is 1. The number of rotatable bonds is 6. The van der Waals surface area contributed by atoms with Crippen LogP contribution in [0.5, 0.6) is 0 Å². The van der Waals surface area contributed by atoms with E-state index < -0.39 is 0 Å². The molecule has 2 nitrogen and oxygen atoms in total. The van der Waals surface area contributed by atoms with E-state index in [4.69, 9.17) is 0 Å². The molecule has 3 heteroatoms. The third-order valence-corrected chi connectivity index (χ3v) is 5.28. The van der Waals surface area contributed by atoms with Crippen molar-refractivity contribution in [3.8, 4) is 0 Å². The summed E-state index contributed by atoms with van der Waals surface area (Å²) in [5, 5.41) is 3.77. The molecule has 0 spiro atoms. The second kappa shape index (κ2) is 8.44. The minimum Gasteiger partial charge on any atom is -0.311 e. The van der Waals surface area contributed by atoms with Crippen molar-refractivity contribution < 1.29 is 0 Å². The SMILES string of the molecule is CSCCCCN1CCNC(C2CCCCC2)C1. The molecular weight excluding hydrogens is 240 g/mol. The summed E-state index contributed by atoms with van der Waals surface area (Å²) in [7, 11) is 0. The maximum absolute atomic E-state index is 3.77. The summed E-state index contributed by atoms with van der Waals surface area (Å²) in [6.45, 7) is 5.11. The Morgan fingerprint density at radius 1 is 1.17 bits per heavy atom. The van der Waals surface area contributed by atoms with Gasteiger partial charge in [0.15, 0.2) is 0 Å². The van der Waals surface area contributed by atoms with Gasteiger partial charge in [-0.05, 0) is 50.2 Å². The van der Waals surface area contributed by atoms with Crippen LogP contribution in [0.25, 0.3) is 0 Å². The molecule has 0 bridgehead atoms. The van der Waals surface area contributed by atoms with Crippen molar-refractivity contribution in [2.45, 2.75) is 51.0 Å². The molecule has 1 N–H and O–H groups in total. The highest BCUT2D eigenvalue weighted by Crippen LogP contribution is 2.27. The molecule has 18 heavy (non-hydrogen) atoms. The Labute approximate surface area is 117 Å². The van der Waals surface area contributed by atoms with Crippen molar-refractivity contribution in [1.82, 2.24) is 10.2 Å². The van der Waals surface area contributed by atoms with Crippen LogP contribution in [-0.2, 0) is 0 Å². The lowest BCUT2D eigenvalue weighted by Gasteiger charge is -2.39. The molecule has 2 fully saturated rings. The molecule has 0 amide bonds. The molecule has 1 aliphatic carbocycles. The Hall–Kier alpha value is 0.270. The molecule has 0 radical (unpaired) electrons. The Morgan fingerprint density at radius 2 is 2.00 bits per heavy atom. The first-order valence-corrected chi connectivity index (χ1v) is 9.24. The van der Waals surface area contributed by atoms with Crippen LogP contribution in [-0.4, -0.2) is 49.1 Å². The summed E-state index contributed by atoms with van der Waals surface area (Å²) in [5.41, 5.74) is 0. The molecular formula is C15H30N2S. The second-order valence-corrected chi connectivity index (χ2v) is 6.94. The first-order chi connectivity index (χ1) is 8.90. The van der Waals surface area contributed by atoms with E-state index in [-0.39, 0.29) is 0 Å². The Balaban J connectivity index is 1.67. The van der Waals surface area contributed by atoms with Gasteiger partial charge in [-0.2, -0.15) is 11.8 Å². The number of hydrogen-bond donors (Lipinski definition) is 1. The predicted molar refractivity (Wildman–Crippen MR) is 82.4 cm³/mol.